The van der Waals surface area contributed by atoms with Gasteiger partial charge in [0.25, 0.3) is 0 Å². The molecule has 0 amide bonds. The molecule has 4 atom stereocenters. The van der Waals surface area contributed by atoms with Crippen molar-refractivity contribution >= 4 is 15.9 Å². The third-order valence-corrected chi connectivity index (χ3v) is 8.15. The lowest BCUT2D eigenvalue weighted by atomic mass is 9.54. The molecule has 1 N–H and O–H groups in total. The summed E-state index contributed by atoms with van der Waals surface area (Å²) in [5.74, 6) is -0.832. The molecule has 23 heavy (non-hydrogen) atoms. The van der Waals surface area contributed by atoms with Crippen LogP contribution in [0.3, 0.4) is 0 Å². The number of hydrogen-bond acceptors (Lipinski definition) is 2. The van der Waals surface area contributed by atoms with Crippen LogP contribution in [0.25, 0.3) is 0 Å². The van der Waals surface area contributed by atoms with E-state index in [4.69, 9.17) is 4.74 Å². The van der Waals surface area contributed by atoms with Crippen molar-refractivity contribution in [2.45, 2.75) is 70.1 Å². The molecular weight excluding hydrogens is 352 g/mol. The lowest BCUT2D eigenvalue weighted by Gasteiger charge is -2.63. The minimum Gasteiger partial charge on any atom is -0.361 e. The summed E-state index contributed by atoms with van der Waals surface area (Å²) in [6.07, 6.45) is 3.00. The zero-order chi connectivity index (χ0) is 17.1. The second-order valence-electron chi connectivity index (χ2n) is 8.89. The molecule has 2 fully saturated rings. The topological polar surface area (TPSA) is 29.5 Å². The molecule has 3 heteroatoms. The van der Waals surface area contributed by atoms with Crippen molar-refractivity contribution in [3.05, 3.63) is 35.9 Å². The first-order chi connectivity index (χ1) is 10.5. The molecule has 1 aliphatic heterocycles. The maximum atomic E-state index is 11.6. The molecule has 1 saturated carbocycles. The Morgan fingerprint density at radius 1 is 1.09 bits per heavy atom. The van der Waals surface area contributed by atoms with Gasteiger partial charge in [0.05, 0.1) is 5.60 Å². The van der Waals surface area contributed by atoms with Gasteiger partial charge in [-0.2, -0.15) is 0 Å². The van der Waals surface area contributed by atoms with Crippen molar-refractivity contribution in [1.82, 2.24) is 0 Å². The molecule has 1 saturated heterocycles. The minimum absolute atomic E-state index is 0.141. The number of hydrogen-bond donors (Lipinski definition) is 1. The van der Waals surface area contributed by atoms with Crippen LogP contribution < -0.4 is 0 Å². The highest BCUT2D eigenvalue weighted by Gasteiger charge is 2.63. The van der Waals surface area contributed by atoms with E-state index in [1.54, 1.807) is 0 Å². The zero-order valence-corrected chi connectivity index (χ0v) is 16.5. The van der Waals surface area contributed by atoms with E-state index in [1.165, 1.54) is 0 Å². The maximum Gasteiger partial charge on any atom is 0.198 e. The predicted molar refractivity (Wildman–Crippen MR) is 97.4 cm³/mol. The van der Waals surface area contributed by atoms with Gasteiger partial charge in [0, 0.05) is 15.8 Å². The molecule has 0 spiro atoms. The summed E-state index contributed by atoms with van der Waals surface area (Å²) in [5, 5.41) is 11.6. The fraction of sp³-hybridized carbons (Fsp3) is 0.700. The highest BCUT2D eigenvalue weighted by molar-refractivity contribution is 9.09. The molecule has 1 heterocycles. The van der Waals surface area contributed by atoms with Crippen molar-refractivity contribution < 1.29 is 9.84 Å². The fourth-order valence-electron chi connectivity index (χ4n) is 4.80. The van der Waals surface area contributed by atoms with E-state index in [9.17, 15) is 5.11 Å². The first kappa shape index (κ1) is 17.4. The van der Waals surface area contributed by atoms with Crippen LogP contribution >= 0.6 is 15.9 Å². The summed E-state index contributed by atoms with van der Waals surface area (Å²) in [5.41, 5.74) is 0.360. The summed E-state index contributed by atoms with van der Waals surface area (Å²) >= 11 is 3.89. The SMILES string of the molecule is CC1(C)[C@@H](Br)CC[C@]2(C)O[C@](O)(c3ccccc3)C(C)(C)C[C@@H]12. The number of rotatable bonds is 1. The van der Waals surface area contributed by atoms with Crippen molar-refractivity contribution in [3.63, 3.8) is 0 Å². The maximum absolute atomic E-state index is 11.6. The quantitative estimate of drug-likeness (QED) is 0.675. The Kier molecular flexibility index (Phi) is 4.02. The molecule has 2 aliphatic rings. The number of ether oxygens (including phenoxy) is 1. The smallest absolute Gasteiger partial charge is 0.198 e. The van der Waals surface area contributed by atoms with Gasteiger partial charge in [-0.1, -0.05) is 74.0 Å². The van der Waals surface area contributed by atoms with Gasteiger partial charge in [-0.25, -0.2) is 0 Å². The third kappa shape index (κ3) is 2.51. The number of benzene rings is 1. The van der Waals surface area contributed by atoms with Gasteiger partial charge in [-0.05, 0) is 37.5 Å². The van der Waals surface area contributed by atoms with Crippen LogP contribution in [0.5, 0.6) is 0 Å². The Labute approximate surface area is 148 Å². The average Bonchev–Trinajstić information content (AvgIpc) is 2.48. The number of fused-ring (bicyclic) bond motifs is 1. The summed E-state index contributed by atoms with van der Waals surface area (Å²) in [6.45, 7) is 11.1. The van der Waals surface area contributed by atoms with E-state index >= 15 is 0 Å². The Hall–Kier alpha value is -0.380. The predicted octanol–water partition coefficient (Wildman–Crippen LogP) is 5.24. The second-order valence-corrected chi connectivity index (χ2v) is 10.00. The van der Waals surface area contributed by atoms with Gasteiger partial charge in [0.2, 0.25) is 0 Å². The molecule has 1 aliphatic carbocycles. The van der Waals surface area contributed by atoms with Gasteiger partial charge in [-0.3, -0.25) is 0 Å². The van der Waals surface area contributed by atoms with Gasteiger partial charge in [0.1, 0.15) is 0 Å². The lowest BCUT2D eigenvalue weighted by molar-refractivity contribution is -0.379. The van der Waals surface area contributed by atoms with Gasteiger partial charge < -0.3 is 9.84 Å². The molecule has 0 aromatic heterocycles. The summed E-state index contributed by atoms with van der Waals surface area (Å²) in [7, 11) is 0. The first-order valence-electron chi connectivity index (χ1n) is 8.65. The Morgan fingerprint density at radius 2 is 1.70 bits per heavy atom. The zero-order valence-electron chi connectivity index (χ0n) is 14.9. The highest BCUT2D eigenvalue weighted by atomic mass is 79.9. The normalized spacial score (nSPS) is 42.0. The van der Waals surface area contributed by atoms with E-state index in [0.29, 0.717) is 10.7 Å². The van der Waals surface area contributed by atoms with Crippen LogP contribution in [0, 0.1) is 16.7 Å². The molecule has 0 bridgehead atoms. The molecule has 2 nitrogen and oxygen atoms in total. The molecule has 1 aromatic rings. The number of halogens is 1. The average molecular weight is 381 g/mol. The summed E-state index contributed by atoms with van der Waals surface area (Å²) in [6, 6.07) is 9.88. The van der Waals surface area contributed by atoms with Crippen LogP contribution in [-0.2, 0) is 10.5 Å². The molecule has 0 unspecified atom stereocenters. The molecule has 0 radical (unpaired) electrons. The monoisotopic (exact) mass is 380 g/mol. The van der Waals surface area contributed by atoms with E-state index in [-0.39, 0.29) is 16.4 Å². The Morgan fingerprint density at radius 3 is 2.30 bits per heavy atom. The van der Waals surface area contributed by atoms with Crippen molar-refractivity contribution in [1.29, 1.82) is 0 Å². The van der Waals surface area contributed by atoms with E-state index in [2.05, 4.69) is 50.5 Å². The van der Waals surface area contributed by atoms with Crippen LogP contribution in [0.15, 0.2) is 30.3 Å². The van der Waals surface area contributed by atoms with Crippen LogP contribution in [0.2, 0.25) is 0 Å². The van der Waals surface area contributed by atoms with Crippen molar-refractivity contribution in [2.24, 2.45) is 16.7 Å². The van der Waals surface area contributed by atoms with Crippen LogP contribution in [-0.4, -0.2) is 15.5 Å². The molecule has 128 valence electrons. The fourth-order valence-corrected chi connectivity index (χ4v) is 5.35. The van der Waals surface area contributed by atoms with Gasteiger partial charge in [-0.15, -0.1) is 0 Å². The number of aliphatic hydroxyl groups is 1. The summed E-state index contributed by atoms with van der Waals surface area (Å²) in [4.78, 5) is 0.496. The Balaban J connectivity index is 2.06. The molecule has 1 aromatic carbocycles. The Bertz CT molecular complexity index is 583. The van der Waals surface area contributed by atoms with Gasteiger partial charge >= 0.3 is 0 Å². The van der Waals surface area contributed by atoms with Gasteiger partial charge in [0.15, 0.2) is 5.79 Å². The van der Waals surface area contributed by atoms with E-state index < -0.39 is 5.79 Å². The van der Waals surface area contributed by atoms with E-state index in [1.807, 2.05) is 30.3 Å². The first-order valence-corrected chi connectivity index (χ1v) is 9.57. The van der Waals surface area contributed by atoms with Crippen molar-refractivity contribution in [3.8, 4) is 0 Å². The summed E-state index contributed by atoms with van der Waals surface area (Å²) < 4.78 is 6.59. The second kappa shape index (κ2) is 5.31. The van der Waals surface area contributed by atoms with E-state index in [0.717, 1.165) is 24.8 Å². The van der Waals surface area contributed by atoms with Crippen molar-refractivity contribution in [2.75, 3.05) is 0 Å². The minimum atomic E-state index is -1.24. The van der Waals surface area contributed by atoms with Crippen LogP contribution in [0.1, 0.15) is 59.4 Å². The standard InChI is InChI=1S/C20H29BrO2/c1-17(2)13-15-18(3,4)16(21)11-12-19(15,5)23-20(17,22)14-9-7-6-8-10-14/h6-10,15-16,22H,11-13H2,1-5H3/t15-,16-,19-,20+/m0/s1. The number of alkyl halides is 1. The largest absolute Gasteiger partial charge is 0.361 e. The lowest BCUT2D eigenvalue weighted by Crippen LogP contribution is -2.64. The molecular formula is C20H29BrO2. The van der Waals surface area contributed by atoms with Crippen LogP contribution in [0.4, 0.5) is 0 Å². The highest BCUT2D eigenvalue weighted by Crippen LogP contribution is 2.62. The molecule has 3 rings (SSSR count). The third-order valence-electron chi connectivity index (χ3n) is 6.51.